The van der Waals surface area contributed by atoms with E-state index in [1.807, 2.05) is 18.7 Å². The fourth-order valence-corrected chi connectivity index (χ4v) is 2.33. The monoisotopic (exact) mass is 261 g/mol. The molecule has 0 saturated carbocycles. The number of hydrogen-bond acceptors (Lipinski definition) is 1. The van der Waals surface area contributed by atoms with Crippen LogP contribution in [0.2, 0.25) is 0 Å². The van der Waals surface area contributed by atoms with Crippen LogP contribution in [0, 0.1) is 0 Å². The molecule has 0 radical (unpaired) electrons. The van der Waals surface area contributed by atoms with Crippen LogP contribution in [-0.2, 0) is 4.79 Å². The molecule has 0 aromatic heterocycles. The summed E-state index contributed by atoms with van der Waals surface area (Å²) in [5, 5.41) is 0. The lowest BCUT2D eigenvalue weighted by Gasteiger charge is -2.41. The van der Waals surface area contributed by atoms with Crippen LogP contribution >= 0.6 is 15.9 Å². The van der Waals surface area contributed by atoms with Crippen LogP contribution in [0.15, 0.2) is 0 Å². The summed E-state index contributed by atoms with van der Waals surface area (Å²) in [6.45, 7) is 8.13. The van der Waals surface area contributed by atoms with Crippen molar-refractivity contribution in [3.05, 3.63) is 0 Å². The summed E-state index contributed by atoms with van der Waals surface area (Å²) in [6.07, 6.45) is 3.52. The normalized spacial score (nSPS) is 29.1. The van der Waals surface area contributed by atoms with Gasteiger partial charge in [0.1, 0.15) is 0 Å². The summed E-state index contributed by atoms with van der Waals surface area (Å²) >= 11 is 3.44. The standard InChI is InChI=1S/C11H20BrNO/c1-8-6-5-7-9(2)13(8)10(14)11(3,4)12/h8-9H,5-7H2,1-4H3/t8-,9+. The van der Waals surface area contributed by atoms with Crippen LogP contribution in [0.5, 0.6) is 0 Å². The first-order chi connectivity index (χ1) is 6.34. The average molecular weight is 262 g/mol. The van der Waals surface area contributed by atoms with Crippen molar-refractivity contribution in [1.29, 1.82) is 0 Å². The van der Waals surface area contributed by atoms with Gasteiger partial charge in [0.05, 0.1) is 4.32 Å². The van der Waals surface area contributed by atoms with Crippen LogP contribution < -0.4 is 0 Å². The van der Waals surface area contributed by atoms with E-state index in [0.29, 0.717) is 12.1 Å². The SMILES string of the molecule is C[C@@H]1CCC[C@H](C)N1C(=O)C(C)(C)Br. The molecule has 0 unspecified atom stereocenters. The quantitative estimate of drug-likeness (QED) is 0.665. The van der Waals surface area contributed by atoms with Crippen molar-refractivity contribution in [3.8, 4) is 0 Å². The smallest absolute Gasteiger partial charge is 0.239 e. The van der Waals surface area contributed by atoms with Crippen molar-refractivity contribution < 1.29 is 4.79 Å². The number of piperidine rings is 1. The molecule has 1 aliphatic rings. The first-order valence-corrected chi connectivity index (χ1v) is 6.15. The van der Waals surface area contributed by atoms with E-state index >= 15 is 0 Å². The molecule has 3 heteroatoms. The van der Waals surface area contributed by atoms with Crippen LogP contribution in [-0.4, -0.2) is 27.2 Å². The maximum atomic E-state index is 12.1. The van der Waals surface area contributed by atoms with Crippen LogP contribution in [0.4, 0.5) is 0 Å². The maximum Gasteiger partial charge on any atom is 0.239 e. The molecule has 0 aromatic carbocycles. The van der Waals surface area contributed by atoms with E-state index in [1.54, 1.807) is 0 Å². The molecule has 0 bridgehead atoms. The Morgan fingerprint density at radius 1 is 1.29 bits per heavy atom. The number of halogens is 1. The van der Waals surface area contributed by atoms with E-state index in [9.17, 15) is 4.79 Å². The number of amides is 1. The van der Waals surface area contributed by atoms with Crippen molar-refractivity contribution in [2.45, 2.75) is 63.4 Å². The van der Waals surface area contributed by atoms with E-state index < -0.39 is 4.32 Å². The van der Waals surface area contributed by atoms with E-state index in [-0.39, 0.29) is 5.91 Å². The first kappa shape index (κ1) is 12.0. The second-order valence-electron chi connectivity index (χ2n) is 4.81. The fourth-order valence-electron chi connectivity index (χ4n) is 2.13. The molecule has 0 aliphatic carbocycles. The Morgan fingerprint density at radius 3 is 2.07 bits per heavy atom. The third-order valence-electron chi connectivity index (χ3n) is 2.94. The van der Waals surface area contributed by atoms with Gasteiger partial charge < -0.3 is 4.90 Å². The Labute approximate surface area is 95.2 Å². The van der Waals surface area contributed by atoms with Crippen molar-refractivity contribution in [1.82, 2.24) is 4.90 Å². The van der Waals surface area contributed by atoms with Gasteiger partial charge in [-0.05, 0) is 47.0 Å². The minimum Gasteiger partial charge on any atom is -0.336 e. The number of rotatable bonds is 1. The largest absolute Gasteiger partial charge is 0.336 e. The highest BCUT2D eigenvalue weighted by Gasteiger charge is 2.36. The molecule has 1 heterocycles. The predicted octanol–water partition coefficient (Wildman–Crippen LogP) is 2.95. The van der Waals surface area contributed by atoms with Crippen LogP contribution in [0.3, 0.4) is 0 Å². The molecule has 0 N–H and O–H groups in total. The average Bonchev–Trinajstić information content (AvgIpc) is 2.01. The second kappa shape index (κ2) is 4.21. The molecule has 1 saturated heterocycles. The van der Waals surface area contributed by atoms with Gasteiger partial charge in [-0.2, -0.15) is 0 Å². The highest BCUT2D eigenvalue weighted by Crippen LogP contribution is 2.28. The van der Waals surface area contributed by atoms with Crippen LogP contribution in [0.25, 0.3) is 0 Å². The number of alkyl halides is 1. The molecule has 1 amide bonds. The van der Waals surface area contributed by atoms with Gasteiger partial charge in [-0.15, -0.1) is 0 Å². The summed E-state index contributed by atoms with van der Waals surface area (Å²) in [7, 11) is 0. The third-order valence-corrected chi connectivity index (χ3v) is 3.28. The Bertz CT molecular complexity index is 212. The summed E-state index contributed by atoms with van der Waals surface area (Å²) in [5.41, 5.74) is 0. The summed E-state index contributed by atoms with van der Waals surface area (Å²) < 4.78 is -0.424. The van der Waals surface area contributed by atoms with E-state index in [2.05, 4.69) is 29.8 Å². The van der Waals surface area contributed by atoms with E-state index in [4.69, 9.17) is 0 Å². The van der Waals surface area contributed by atoms with Gasteiger partial charge >= 0.3 is 0 Å². The lowest BCUT2D eigenvalue weighted by molar-refractivity contribution is -0.138. The predicted molar refractivity (Wildman–Crippen MR) is 62.6 cm³/mol. The fraction of sp³-hybridized carbons (Fsp3) is 0.909. The molecule has 1 aliphatic heterocycles. The zero-order valence-electron chi connectivity index (χ0n) is 9.51. The molecular weight excluding hydrogens is 242 g/mol. The van der Waals surface area contributed by atoms with E-state index in [1.165, 1.54) is 6.42 Å². The second-order valence-corrected chi connectivity index (χ2v) is 6.80. The van der Waals surface area contributed by atoms with Gasteiger partial charge in [-0.3, -0.25) is 4.79 Å². The lowest BCUT2D eigenvalue weighted by atomic mass is 9.96. The summed E-state index contributed by atoms with van der Waals surface area (Å²) in [5.74, 6) is 0.220. The Kier molecular flexibility index (Phi) is 3.62. The van der Waals surface area contributed by atoms with Gasteiger partial charge in [-0.25, -0.2) is 0 Å². The molecule has 1 rings (SSSR count). The molecule has 1 fully saturated rings. The zero-order chi connectivity index (χ0) is 10.9. The maximum absolute atomic E-state index is 12.1. The molecule has 14 heavy (non-hydrogen) atoms. The van der Waals surface area contributed by atoms with Gasteiger partial charge in [-0.1, -0.05) is 15.9 Å². The van der Waals surface area contributed by atoms with Gasteiger partial charge in [0.25, 0.3) is 0 Å². The number of carbonyl (C=O) groups is 1. The van der Waals surface area contributed by atoms with Gasteiger partial charge in [0.2, 0.25) is 5.91 Å². The van der Waals surface area contributed by atoms with Gasteiger partial charge in [0.15, 0.2) is 0 Å². The minimum absolute atomic E-state index is 0.220. The molecular formula is C11H20BrNO. The molecule has 82 valence electrons. The lowest BCUT2D eigenvalue weighted by Crippen LogP contribution is -2.52. The number of nitrogens with zero attached hydrogens (tertiary/aromatic N) is 1. The molecule has 2 nitrogen and oxygen atoms in total. The van der Waals surface area contributed by atoms with Crippen molar-refractivity contribution in [2.24, 2.45) is 0 Å². The van der Waals surface area contributed by atoms with Gasteiger partial charge in [0, 0.05) is 12.1 Å². The Hall–Kier alpha value is -0.0500. The Morgan fingerprint density at radius 2 is 1.71 bits per heavy atom. The summed E-state index contributed by atoms with van der Waals surface area (Å²) in [4.78, 5) is 14.2. The summed E-state index contributed by atoms with van der Waals surface area (Å²) in [6, 6.07) is 0.783. The van der Waals surface area contributed by atoms with Crippen molar-refractivity contribution >= 4 is 21.8 Å². The molecule has 2 atom stereocenters. The highest BCUT2D eigenvalue weighted by atomic mass is 79.9. The third kappa shape index (κ3) is 2.50. The number of carbonyl (C=O) groups excluding carboxylic acids is 1. The minimum atomic E-state index is -0.424. The zero-order valence-corrected chi connectivity index (χ0v) is 11.1. The number of hydrogen-bond donors (Lipinski definition) is 0. The Balaban J connectivity index is 2.78. The van der Waals surface area contributed by atoms with Crippen LogP contribution in [0.1, 0.15) is 47.0 Å². The molecule has 0 spiro atoms. The first-order valence-electron chi connectivity index (χ1n) is 5.35. The molecule has 0 aromatic rings. The topological polar surface area (TPSA) is 20.3 Å². The van der Waals surface area contributed by atoms with E-state index in [0.717, 1.165) is 12.8 Å². The van der Waals surface area contributed by atoms with Crippen molar-refractivity contribution in [2.75, 3.05) is 0 Å². The van der Waals surface area contributed by atoms with Crippen molar-refractivity contribution in [3.63, 3.8) is 0 Å². The number of likely N-dealkylation sites (tertiary alicyclic amines) is 1. The highest BCUT2D eigenvalue weighted by molar-refractivity contribution is 9.10.